The van der Waals surface area contributed by atoms with Crippen molar-refractivity contribution in [1.82, 2.24) is 0 Å². The minimum atomic E-state index is -2.33. The van der Waals surface area contributed by atoms with Crippen LogP contribution in [0.1, 0.15) is 13.3 Å². The summed E-state index contributed by atoms with van der Waals surface area (Å²) < 4.78 is 4.59. The van der Waals surface area contributed by atoms with E-state index in [1.54, 1.807) is 0 Å². The SMILES string of the molecule is C=C(CC(=O)SCC)P1(=S)N(c2ccccc2)CCN1c1ccccc1. The van der Waals surface area contributed by atoms with E-state index in [9.17, 15) is 4.79 Å². The number of carbonyl (C=O) groups is 1. The van der Waals surface area contributed by atoms with E-state index in [0.717, 1.165) is 35.5 Å². The standard InChI is InChI=1S/C20H23N2OPS2/c1-3-26-20(23)16-17(2)24(25)21(18-10-6-4-7-11-18)14-15-22(24)19-12-8-5-9-13-19/h4-13H,2-3,14-16H2,1H3. The molecule has 0 spiro atoms. The molecule has 6 heteroatoms. The van der Waals surface area contributed by atoms with Crippen molar-refractivity contribution in [2.24, 2.45) is 0 Å². The molecule has 1 aliphatic rings. The van der Waals surface area contributed by atoms with E-state index in [1.165, 1.54) is 11.8 Å². The Balaban J connectivity index is 2.00. The molecule has 1 heterocycles. The number of hydrogen-bond acceptors (Lipinski definition) is 3. The van der Waals surface area contributed by atoms with Gasteiger partial charge in [-0.1, -0.05) is 61.7 Å². The van der Waals surface area contributed by atoms with Crippen LogP contribution in [0.5, 0.6) is 0 Å². The van der Waals surface area contributed by atoms with Crippen molar-refractivity contribution in [1.29, 1.82) is 0 Å². The molecule has 0 radical (unpaired) electrons. The maximum Gasteiger partial charge on any atom is 0.193 e. The molecule has 0 amide bonds. The summed E-state index contributed by atoms with van der Waals surface area (Å²) in [7, 11) is 0. The topological polar surface area (TPSA) is 23.6 Å². The smallest absolute Gasteiger partial charge is 0.193 e. The number of hydrogen-bond donors (Lipinski definition) is 0. The van der Waals surface area contributed by atoms with Gasteiger partial charge in [0.05, 0.1) is 0 Å². The molecule has 0 N–H and O–H groups in total. The lowest BCUT2D eigenvalue weighted by Gasteiger charge is -2.37. The highest BCUT2D eigenvalue weighted by Crippen LogP contribution is 2.66. The van der Waals surface area contributed by atoms with Gasteiger partial charge >= 0.3 is 0 Å². The molecule has 0 aromatic heterocycles. The van der Waals surface area contributed by atoms with Crippen LogP contribution >= 0.6 is 18.1 Å². The molecule has 3 nitrogen and oxygen atoms in total. The third kappa shape index (κ3) is 3.75. The molecular formula is C20H23N2OPS2. The second-order valence-corrected chi connectivity index (χ2v) is 11.5. The Hall–Kier alpha value is -1.55. The van der Waals surface area contributed by atoms with Gasteiger partial charge in [0.25, 0.3) is 0 Å². The van der Waals surface area contributed by atoms with E-state index in [1.807, 2.05) is 43.3 Å². The highest BCUT2D eigenvalue weighted by atomic mass is 32.4. The lowest BCUT2D eigenvalue weighted by molar-refractivity contribution is -0.110. The Labute approximate surface area is 165 Å². The van der Waals surface area contributed by atoms with Crippen LogP contribution in [0.15, 0.2) is 72.6 Å². The fourth-order valence-electron chi connectivity index (χ4n) is 3.19. The maximum atomic E-state index is 12.3. The van der Waals surface area contributed by atoms with Gasteiger partial charge in [-0.2, -0.15) is 0 Å². The summed E-state index contributed by atoms with van der Waals surface area (Å²) in [5, 5.41) is 1.01. The molecule has 2 aromatic carbocycles. The van der Waals surface area contributed by atoms with Crippen molar-refractivity contribution in [3.8, 4) is 0 Å². The largest absolute Gasteiger partial charge is 0.323 e. The predicted molar refractivity (Wildman–Crippen MR) is 119 cm³/mol. The molecule has 1 fully saturated rings. The summed E-state index contributed by atoms with van der Waals surface area (Å²) in [6.07, 6.45) is -2.00. The number of anilines is 2. The Morgan fingerprint density at radius 1 is 1.04 bits per heavy atom. The summed E-state index contributed by atoms with van der Waals surface area (Å²) in [5.74, 6) is 0.778. The highest BCUT2D eigenvalue weighted by Gasteiger charge is 2.41. The van der Waals surface area contributed by atoms with Gasteiger partial charge in [0.2, 0.25) is 0 Å². The lowest BCUT2D eigenvalue weighted by Crippen LogP contribution is -2.20. The van der Waals surface area contributed by atoms with E-state index >= 15 is 0 Å². The number of thioether (sulfide) groups is 1. The van der Waals surface area contributed by atoms with Crippen LogP contribution in [-0.2, 0) is 16.6 Å². The first kappa shape index (κ1) is 19.2. The Morgan fingerprint density at radius 2 is 1.50 bits per heavy atom. The monoisotopic (exact) mass is 402 g/mol. The van der Waals surface area contributed by atoms with Crippen molar-refractivity contribution in [2.75, 3.05) is 28.2 Å². The number of benzene rings is 2. The van der Waals surface area contributed by atoms with Crippen LogP contribution in [0.3, 0.4) is 0 Å². The summed E-state index contributed by atoms with van der Waals surface area (Å²) >= 11 is 7.65. The van der Waals surface area contributed by atoms with Crippen molar-refractivity contribution >= 4 is 46.4 Å². The van der Waals surface area contributed by atoms with E-state index in [-0.39, 0.29) is 5.12 Å². The molecule has 1 saturated heterocycles. The number of rotatable bonds is 6. The van der Waals surface area contributed by atoms with Crippen LogP contribution in [0.4, 0.5) is 11.4 Å². The minimum absolute atomic E-state index is 0.148. The van der Waals surface area contributed by atoms with Gasteiger partial charge in [-0.3, -0.25) is 4.79 Å². The molecule has 2 aromatic rings. The van der Waals surface area contributed by atoms with Crippen LogP contribution < -0.4 is 9.34 Å². The normalized spacial score (nSPS) is 15.9. The van der Waals surface area contributed by atoms with Gasteiger partial charge in [0.1, 0.15) is 6.34 Å². The Kier molecular flexibility index (Phi) is 6.23. The van der Waals surface area contributed by atoms with E-state index < -0.39 is 6.34 Å². The zero-order valence-electron chi connectivity index (χ0n) is 14.9. The van der Waals surface area contributed by atoms with E-state index in [4.69, 9.17) is 11.8 Å². The summed E-state index contributed by atoms with van der Waals surface area (Å²) in [4.78, 5) is 12.3. The highest BCUT2D eigenvalue weighted by molar-refractivity contribution is 8.18. The average Bonchev–Trinajstić information content (AvgIpc) is 3.02. The van der Waals surface area contributed by atoms with E-state index in [2.05, 4.69) is 40.2 Å². The van der Waals surface area contributed by atoms with Crippen LogP contribution in [0.2, 0.25) is 0 Å². The van der Waals surface area contributed by atoms with E-state index in [0.29, 0.717) is 6.42 Å². The number of para-hydroxylation sites is 2. The van der Waals surface area contributed by atoms with Crippen molar-refractivity contribution in [2.45, 2.75) is 13.3 Å². The van der Waals surface area contributed by atoms with Gasteiger partial charge in [-0.05, 0) is 41.8 Å². The third-order valence-corrected chi connectivity index (χ3v) is 10.2. The van der Waals surface area contributed by atoms with Gasteiger partial charge in [-0.25, -0.2) is 0 Å². The summed E-state index contributed by atoms with van der Waals surface area (Å²) in [6, 6.07) is 20.5. The lowest BCUT2D eigenvalue weighted by atomic mass is 10.3. The molecule has 0 saturated carbocycles. The number of allylic oxidation sites excluding steroid dienone is 1. The van der Waals surface area contributed by atoms with Gasteiger partial charge in [0.15, 0.2) is 5.12 Å². The van der Waals surface area contributed by atoms with Gasteiger partial charge in [0, 0.05) is 36.2 Å². The first-order valence-corrected chi connectivity index (χ1v) is 12.4. The van der Waals surface area contributed by atoms with Crippen LogP contribution in [0, 0.1) is 0 Å². The average molecular weight is 403 g/mol. The molecule has 26 heavy (non-hydrogen) atoms. The molecule has 0 atom stereocenters. The Morgan fingerprint density at radius 3 is 1.92 bits per heavy atom. The summed E-state index contributed by atoms with van der Waals surface area (Å²) in [5.41, 5.74) is 2.21. The fraction of sp³-hybridized carbons (Fsp3) is 0.250. The van der Waals surface area contributed by atoms with Crippen LogP contribution in [-0.4, -0.2) is 24.0 Å². The van der Waals surface area contributed by atoms with Crippen molar-refractivity contribution < 1.29 is 4.79 Å². The van der Waals surface area contributed by atoms with Crippen molar-refractivity contribution in [3.63, 3.8) is 0 Å². The molecule has 3 rings (SSSR count). The molecule has 136 valence electrons. The minimum Gasteiger partial charge on any atom is -0.323 e. The zero-order valence-corrected chi connectivity index (χ0v) is 17.4. The maximum absolute atomic E-state index is 12.3. The van der Waals surface area contributed by atoms with Crippen LogP contribution in [0.25, 0.3) is 0 Å². The zero-order chi connectivity index (χ0) is 18.6. The second kappa shape index (κ2) is 8.43. The van der Waals surface area contributed by atoms with Crippen molar-refractivity contribution in [3.05, 3.63) is 72.6 Å². The quantitative estimate of drug-likeness (QED) is 0.593. The fourth-order valence-corrected chi connectivity index (χ4v) is 8.05. The molecule has 1 aliphatic heterocycles. The Bertz CT molecular complexity index is 775. The first-order valence-electron chi connectivity index (χ1n) is 8.67. The molecule has 0 unspecified atom stereocenters. The third-order valence-electron chi connectivity index (χ3n) is 4.35. The summed E-state index contributed by atoms with van der Waals surface area (Å²) in [6.45, 7) is 7.98. The van der Waals surface area contributed by atoms with Gasteiger partial charge < -0.3 is 9.34 Å². The number of nitrogens with zero attached hydrogens (tertiary/aromatic N) is 2. The first-order chi connectivity index (χ1) is 12.6. The predicted octanol–water partition coefficient (Wildman–Crippen LogP) is 5.51. The second-order valence-electron chi connectivity index (χ2n) is 6.01. The molecular weight excluding hydrogens is 379 g/mol. The number of carbonyl (C=O) groups excluding carboxylic acids is 1. The molecule has 0 bridgehead atoms. The molecule has 0 aliphatic carbocycles. The van der Waals surface area contributed by atoms with Gasteiger partial charge in [-0.15, -0.1) is 0 Å².